The molecule has 89 heavy (non-hydrogen) atoms. The van der Waals surface area contributed by atoms with Gasteiger partial charge in [-0.15, -0.1) is 0 Å². The predicted molar refractivity (Wildman–Crippen MR) is 358 cm³/mol. The summed E-state index contributed by atoms with van der Waals surface area (Å²) in [6.45, 7) is 14.1. The fourth-order valence-corrected chi connectivity index (χ4v) is 12.0. The summed E-state index contributed by atoms with van der Waals surface area (Å²) in [7, 11) is -9.90. The number of esters is 4. The Morgan fingerprint density at radius 2 is 0.539 bits per heavy atom. The van der Waals surface area contributed by atoms with Crippen molar-refractivity contribution in [2.75, 3.05) is 39.6 Å². The van der Waals surface area contributed by atoms with Crippen LogP contribution in [0, 0.1) is 23.7 Å². The van der Waals surface area contributed by atoms with Gasteiger partial charge in [0.25, 0.3) is 0 Å². The number of rotatable bonds is 67. The molecule has 6 atom stereocenters. The topological polar surface area (TPSA) is 237 Å². The van der Waals surface area contributed by atoms with Gasteiger partial charge in [0.2, 0.25) is 0 Å². The van der Waals surface area contributed by atoms with Crippen molar-refractivity contribution in [3.05, 3.63) is 0 Å². The first-order chi connectivity index (χ1) is 42.6. The van der Waals surface area contributed by atoms with E-state index in [0.717, 1.165) is 120 Å². The number of aliphatic hydroxyl groups excluding tert-OH is 1. The molecule has 0 amide bonds. The van der Waals surface area contributed by atoms with Crippen molar-refractivity contribution in [1.82, 2.24) is 0 Å². The fourth-order valence-electron chi connectivity index (χ4n) is 10.5. The van der Waals surface area contributed by atoms with Crippen molar-refractivity contribution >= 4 is 39.5 Å². The highest BCUT2D eigenvalue weighted by Gasteiger charge is 2.30. The van der Waals surface area contributed by atoms with Gasteiger partial charge in [0.1, 0.15) is 19.3 Å². The van der Waals surface area contributed by atoms with E-state index in [4.69, 9.17) is 37.0 Å². The van der Waals surface area contributed by atoms with Gasteiger partial charge in [-0.1, -0.05) is 293 Å². The molecule has 0 aliphatic rings. The lowest BCUT2D eigenvalue weighted by molar-refractivity contribution is -0.161. The maximum Gasteiger partial charge on any atom is 0.472 e. The summed E-state index contributed by atoms with van der Waals surface area (Å²) in [4.78, 5) is 72.5. The second kappa shape index (κ2) is 59.8. The Bertz CT molecular complexity index is 1770. The number of aliphatic hydroxyl groups is 1. The third-order valence-corrected chi connectivity index (χ3v) is 18.3. The van der Waals surface area contributed by atoms with Gasteiger partial charge in [-0.05, 0) is 49.4 Å². The number of unbranched alkanes of at least 4 members (excludes halogenated alkanes) is 32. The summed E-state index contributed by atoms with van der Waals surface area (Å²) in [5, 5.41) is 10.6. The molecule has 0 saturated heterocycles. The molecule has 528 valence electrons. The lowest BCUT2D eigenvalue weighted by Gasteiger charge is -2.21. The number of ether oxygens (including phenoxy) is 4. The Labute approximate surface area is 543 Å². The van der Waals surface area contributed by atoms with Gasteiger partial charge in [0.05, 0.1) is 26.4 Å². The molecule has 3 N–H and O–H groups in total. The van der Waals surface area contributed by atoms with E-state index in [9.17, 15) is 43.2 Å². The van der Waals surface area contributed by atoms with Gasteiger partial charge < -0.3 is 33.8 Å². The smallest absolute Gasteiger partial charge is 0.462 e. The van der Waals surface area contributed by atoms with Gasteiger partial charge in [0, 0.05) is 25.7 Å². The maximum absolute atomic E-state index is 13.0. The van der Waals surface area contributed by atoms with E-state index in [1.54, 1.807) is 0 Å². The minimum Gasteiger partial charge on any atom is -0.462 e. The Morgan fingerprint density at radius 3 is 0.798 bits per heavy atom. The second-order valence-electron chi connectivity index (χ2n) is 26.9. The minimum absolute atomic E-state index is 0.103. The summed E-state index contributed by atoms with van der Waals surface area (Å²) < 4.78 is 68.2. The van der Waals surface area contributed by atoms with E-state index in [0.29, 0.717) is 25.7 Å². The minimum atomic E-state index is -4.95. The number of phosphoric ester groups is 2. The lowest BCUT2D eigenvalue weighted by atomic mass is 10.00. The Hall–Kier alpha value is -1.94. The average Bonchev–Trinajstić information content (AvgIpc) is 3.56. The first kappa shape index (κ1) is 87.1. The van der Waals surface area contributed by atoms with Gasteiger partial charge >= 0.3 is 39.5 Å². The lowest BCUT2D eigenvalue weighted by Crippen LogP contribution is -2.30. The molecule has 0 fully saturated rings. The van der Waals surface area contributed by atoms with E-state index >= 15 is 0 Å². The molecule has 0 rings (SSSR count). The molecule has 17 nitrogen and oxygen atoms in total. The highest BCUT2D eigenvalue weighted by atomic mass is 31.2. The van der Waals surface area contributed by atoms with Gasteiger partial charge in [-0.3, -0.25) is 37.3 Å². The Morgan fingerprint density at radius 1 is 0.315 bits per heavy atom. The Balaban J connectivity index is 5.24. The van der Waals surface area contributed by atoms with Crippen LogP contribution in [0.4, 0.5) is 0 Å². The molecule has 0 aromatic carbocycles. The van der Waals surface area contributed by atoms with Crippen molar-refractivity contribution in [2.45, 2.75) is 363 Å². The molecular formula is C70H136O17P2. The molecule has 0 radical (unpaired) electrons. The quantitative estimate of drug-likeness (QED) is 0.0222. The number of carbonyl (C=O) groups excluding carboxylic acids is 4. The van der Waals surface area contributed by atoms with Crippen molar-refractivity contribution in [2.24, 2.45) is 23.7 Å². The van der Waals surface area contributed by atoms with E-state index in [1.165, 1.54) is 141 Å². The molecule has 0 aromatic rings. The van der Waals surface area contributed by atoms with Crippen LogP contribution in [0.25, 0.3) is 0 Å². The first-order valence-corrected chi connectivity index (χ1v) is 39.2. The SMILES string of the molecule is CCC(C)CCCCCCCCC(=O)OC[C@H](COP(=O)(O)OC[C@H](O)COP(=O)(O)OC[C@@H](COC(=O)CCCCCCCCCCC(C)C)OC(=O)CCCCCCCCCCCCCCCCC(C)C)OC(=O)CCCCCCCCCCC(C)C. The van der Waals surface area contributed by atoms with Crippen LogP contribution in [0.15, 0.2) is 0 Å². The third-order valence-electron chi connectivity index (χ3n) is 16.4. The van der Waals surface area contributed by atoms with Crippen molar-refractivity contribution < 1.29 is 80.2 Å². The summed E-state index contributed by atoms with van der Waals surface area (Å²) in [6, 6.07) is 0. The zero-order chi connectivity index (χ0) is 66.1. The van der Waals surface area contributed by atoms with Crippen LogP contribution < -0.4 is 0 Å². The van der Waals surface area contributed by atoms with E-state index in [-0.39, 0.29) is 25.7 Å². The van der Waals surface area contributed by atoms with E-state index < -0.39 is 97.5 Å². The molecule has 0 spiro atoms. The van der Waals surface area contributed by atoms with Crippen molar-refractivity contribution in [1.29, 1.82) is 0 Å². The van der Waals surface area contributed by atoms with Crippen LogP contribution in [-0.2, 0) is 65.4 Å². The molecule has 0 aromatic heterocycles. The normalized spacial score (nSPS) is 14.6. The zero-order valence-corrected chi connectivity index (χ0v) is 59.8. The number of hydrogen-bond acceptors (Lipinski definition) is 15. The largest absolute Gasteiger partial charge is 0.472 e. The molecule has 0 saturated carbocycles. The summed E-state index contributed by atoms with van der Waals surface area (Å²) in [6.07, 6.45) is 41.8. The van der Waals surface area contributed by atoms with Crippen LogP contribution in [-0.4, -0.2) is 96.7 Å². The monoisotopic (exact) mass is 1310 g/mol. The zero-order valence-electron chi connectivity index (χ0n) is 58.1. The molecule has 0 aliphatic carbocycles. The maximum atomic E-state index is 13.0. The van der Waals surface area contributed by atoms with Crippen LogP contribution in [0.3, 0.4) is 0 Å². The number of carbonyl (C=O) groups is 4. The molecule has 19 heteroatoms. The van der Waals surface area contributed by atoms with Crippen LogP contribution >= 0.6 is 15.6 Å². The number of hydrogen-bond donors (Lipinski definition) is 3. The second-order valence-corrected chi connectivity index (χ2v) is 29.8. The van der Waals surface area contributed by atoms with Gasteiger partial charge in [-0.25, -0.2) is 9.13 Å². The summed E-state index contributed by atoms with van der Waals surface area (Å²) in [5.41, 5.74) is 0. The first-order valence-electron chi connectivity index (χ1n) is 36.2. The van der Waals surface area contributed by atoms with E-state index in [1.807, 2.05) is 0 Å². The van der Waals surface area contributed by atoms with Crippen LogP contribution in [0.2, 0.25) is 0 Å². The highest BCUT2D eigenvalue weighted by molar-refractivity contribution is 7.47. The van der Waals surface area contributed by atoms with E-state index in [2.05, 4.69) is 55.4 Å². The fraction of sp³-hybridized carbons (Fsp3) is 0.943. The van der Waals surface area contributed by atoms with Gasteiger partial charge in [0.15, 0.2) is 12.2 Å². The highest BCUT2D eigenvalue weighted by Crippen LogP contribution is 2.45. The molecule has 3 unspecified atom stereocenters. The van der Waals surface area contributed by atoms with Gasteiger partial charge in [-0.2, -0.15) is 0 Å². The average molecular weight is 1310 g/mol. The molecule has 0 aliphatic heterocycles. The predicted octanol–water partition coefficient (Wildman–Crippen LogP) is 19.7. The third kappa shape index (κ3) is 63.2. The van der Waals surface area contributed by atoms with Crippen molar-refractivity contribution in [3.8, 4) is 0 Å². The van der Waals surface area contributed by atoms with Crippen LogP contribution in [0.1, 0.15) is 344 Å². The summed E-state index contributed by atoms with van der Waals surface area (Å²) in [5.74, 6) is 0.838. The Kier molecular flexibility index (Phi) is 58.5. The van der Waals surface area contributed by atoms with Crippen molar-refractivity contribution in [3.63, 3.8) is 0 Å². The molecular weight excluding hydrogens is 1170 g/mol. The molecule has 0 heterocycles. The number of phosphoric acid groups is 2. The standard InChI is InChI=1S/C70H136O17P2/c1-9-63(8)49-41-33-28-29-35-43-51-68(73)81-57-66(87-70(75)53-45-37-27-21-19-24-32-40-48-62(6)7)59-85-89(78,79)83-55-64(71)54-82-88(76,77)84-58-65(56-80-67(72)50-42-34-25-20-18-23-31-39-47-61(4)5)86-69(74)52-44-36-26-17-15-13-11-10-12-14-16-22-30-38-46-60(2)3/h60-66,71H,9-59H2,1-8H3,(H,76,77)(H,78,79)/t63?,64-,65-,66-/m1/s1. The molecule has 0 bridgehead atoms. The van der Waals surface area contributed by atoms with Crippen LogP contribution in [0.5, 0.6) is 0 Å². The summed E-state index contributed by atoms with van der Waals surface area (Å²) >= 11 is 0.